The second-order valence-corrected chi connectivity index (χ2v) is 13.1. The first-order chi connectivity index (χ1) is 18.7. The number of rotatable bonds is 12. The number of aryl methyl sites for hydroxylation is 2. The molecule has 0 spiro atoms. The Labute approximate surface area is 233 Å². The Bertz CT molecular complexity index is 1170. The van der Waals surface area contributed by atoms with E-state index in [9.17, 15) is 9.59 Å². The molecule has 1 heterocycles. The van der Waals surface area contributed by atoms with Crippen LogP contribution in [0.15, 0.2) is 22.7 Å². The van der Waals surface area contributed by atoms with Crippen molar-refractivity contribution in [3.8, 4) is 0 Å². The molecule has 6 heteroatoms. The molecule has 3 fully saturated rings. The van der Waals surface area contributed by atoms with Crippen LogP contribution in [0.25, 0.3) is 0 Å². The lowest BCUT2D eigenvalue weighted by atomic mass is 9.68. The van der Waals surface area contributed by atoms with E-state index in [0.29, 0.717) is 30.8 Å². The van der Waals surface area contributed by atoms with Gasteiger partial charge in [0.2, 0.25) is 5.91 Å². The predicted octanol–water partition coefficient (Wildman–Crippen LogP) is 7.80. The second kappa shape index (κ2) is 11.9. The Hall–Kier alpha value is -2.63. The first-order valence-corrected chi connectivity index (χ1v) is 15.2. The van der Waals surface area contributed by atoms with Gasteiger partial charge in [-0.2, -0.15) is 0 Å². The van der Waals surface area contributed by atoms with Crippen LogP contribution in [0.3, 0.4) is 0 Å². The largest absolute Gasteiger partial charge is 0.466 e. The van der Waals surface area contributed by atoms with E-state index >= 15 is 0 Å². The summed E-state index contributed by atoms with van der Waals surface area (Å²) >= 11 is 0. The molecule has 3 aliphatic carbocycles. The maximum Gasteiger partial charge on any atom is 0.308 e. The summed E-state index contributed by atoms with van der Waals surface area (Å²) in [5.41, 5.74) is 5.44. The summed E-state index contributed by atoms with van der Waals surface area (Å²) < 4.78 is 11.4. The van der Waals surface area contributed by atoms with Crippen molar-refractivity contribution in [1.82, 2.24) is 5.16 Å². The number of ether oxygens (including phenoxy) is 1. The average Bonchev–Trinajstić information content (AvgIpc) is 3.57. The zero-order valence-electron chi connectivity index (χ0n) is 24.4. The van der Waals surface area contributed by atoms with E-state index in [0.717, 1.165) is 53.8 Å². The number of esters is 1. The summed E-state index contributed by atoms with van der Waals surface area (Å²) in [5, 5.41) is 7.86. The highest BCUT2D eigenvalue weighted by Gasteiger charge is 2.43. The highest BCUT2D eigenvalue weighted by molar-refractivity contribution is 5.92. The summed E-state index contributed by atoms with van der Waals surface area (Å²) in [4.78, 5) is 25.6. The van der Waals surface area contributed by atoms with Gasteiger partial charge in [-0.1, -0.05) is 36.7 Å². The standard InChI is InChI=1S/C33H46N2O4/c1-6-38-33(37)27-16-23(17-27)13-25(18-29(36)34-28-10-7-20(4)12-21(28)5)31-30(24-8-9-24)32(39-35-31)26-14-22(15-26)11-19(2)3/h7,10,12,19,22-27H,6,8-9,11,13-18H2,1-5H3,(H,34,36). The topological polar surface area (TPSA) is 81.4 Å². The highest BCUT2D eigenvalue weighted by atomic mass is 16.5. The Morgan fingerprint density at radius 2 is 1.77 bits per heavy atom. The third kappa shape index (κ3) is 6.58. The van der Waals surface area contributed by atoms with Crippen molar-refractivity contribution in [2.24, 2.45) is 23.7 Å². The molecule has 212 valence electrons. The SMILES string of the molecule is CCOC(=O)C1CC(CC(CC(=O)Nc2ccc(C)cc2C)c2noc(C3CC(CC(C)C)C3)c2C2CC2)C1. The first kappa shape index (κ1) is 27.9. The van der Waals surface area contributed by atoms with Gasteiger partial charge in [0.05, 0.1) is 18.2 Å². The maximum absolute atomic E-state index is 13.4. The quantitative estimate of drug-likeness (QED) is 0.281. The lowest BCUT2D eigenvalue weighted by Crippen LogP contribution is -2.33. The number of amides is 1. The van der Waals surface area contributed by atoms with Crippen molar-refractivity contribution in [2.45, 2.75) is 110 Å². The van der Waals surface area contributed by atoms with Gasteiger partial charge in [0, 0.05) is 29.5 Å². The minimum atomic E-state index is -0.0822. The number of nitrogens with zero attached hydrogens (tertiary/aromatic N) is 1. The van der Waals surface area contributed by atoms with Gasteiger partial charge in [-0.05, 0) is 107 Å². The van der Waals surface area contributed by atoms with E-state index < -0.39 is 0 Å². The normalized spacial score (nSPS) is 25.1. The van der Waals surface area contributed by atoms with Crippen LogP contribution in [0.2, 0.25) is 0 Å². The number of hydrogen-bond donors (Lipinski definition) is 1. The Balaban J connectivity index is 1.33. The molecule has 0 bridgehead atoms. The van der Waals surface area contributed by atoms with Gasteiger partial charge in [0.15, 0.2) is 0 Å². The number of hydrogen-bond acceptors (Lipinski definition) is 5. The van der Waals surface area contributed by atoms with E-state index in [1.807, 2.05) is 26.0 Å². The molecule has 1 N–H and O–H groups in total. The van der Waals surface area contributed by atoms with Crippen LogP contribution in [0.4, 0.5) is 5.69 Å². The highest BCUT2D eigenvalue weighted by Crippen LogP contribution is 2.53. The van der Waals surface area contributed by atoms with Crippen molar-refractivity contribution in [3.05, 3.63) is 46.3 Å². The molecular formula is C33H46N2O4. The predicted molar refractivity (Wildman–Crippen MR) is 153 cm³/mol. The molecule has 3 saturated carbocycles. The molecule has 1 unspecified atom stereocenters. The molecule has 0 aliphatic heterocycles. The Morgan fingerprint density at radius 1 is 1.05 bits per heavy atom. The van der Waals surface area contributed by atoms with Gasteiger partial charge in [0.25, 0.3) is 0 Å². The monoisotopic (exact) mass is 534 g/mol. The molecule has 5 rings (SSSR count). The molecule has 0 radical (unpaired) electrons. The van der Waals surface area contributed by atoms with E-state index in [1.165, 1.54) is 43.2 Å². The molecule has 39 heavy (non-hydrogen) atoms. The Morgan fingerprint density at radius 3 is 2.41 bits per heavy atom. The summed E-state index contributed by atoms with van der Waals surface area (Å²) in [6.07, 6.45) is 8.90. The molecule has 1 aromatic carbocycles. The minimum absolute atomic E-state index is 0.0106. The molecular weight excluding hydrogens is 488 g/mol. The summed E-state index contributed by atoms with van der Waals surface area (Å²) in [6.45, 7) is 11.0. The lowest BCUT2D eigenvalue weighted by Gasteiger charge is -2.36. The number of anilines is 1. The Kier molecular flexibility index (Phi) is 8.49. The van der Waals surface area contributed by atoms with E-state index in [1.54, 1.807) is 0 Å². The van der Waals surface area contributed by atoms with Gasteiger partial charge in [-0.3, -0.25) is 9.59 Å². The number of benzene rings is 1. The summed E-state index contributed by atoms with van der Waals surface area (Å²) in [7, 11) is 0. The summed E-state index contributed by atoms with van der Waals surface area (Å²) in [5.74, 6) is 3.90. The van der Waals surface area contributed by atoms with Gasteiger partial charge in [-0.25, -0.2) is 0 Å². The second-order valence-electron chi connectivity index (χ2n) is 13.1. The molecule has 0 saturated heterocycles. The molecule has 2 aromatic rings. The third-order valence-corrected chi connectivity index (χ3v) is 9.13. The number of carbonyl (C=O) groups is 2. The zero-order valence-corrected chi connectivity index (χ0v) is 24.4. The van der Waals surface area contributed by atoms with Crippen LogP contribution >= 0.6 is 0 Å². The van der Waals surface area contributed by atoms with Gasteiger partial charge >= 0.3 is 5.97 Å². The molecule has 1 atom stereocenters. The fourth-order valence-corrected chi connectivity index (χ4v) is 6.96. The lowest BCUT2D eigenvalue weighted by molar-refractivity contribution is -0.153. The average molecular weight is 535 g/mol. The molecule has 6 nitrogen and oxygen atoms in total. The van der Waals surface area contributed by atoms with Gasteiger partial charge < -0.3 is 14.6 Å². The molecule has 1 amide bonds. The van der Waals surface area contributed by atoms with E-state index in [4.69, 9.17) is 14.4 Å². The molecule has 3 aliphatic rings. The van der Waals surface area contributed by atoms with Crippen LogP contribution < -0.4 is 5.32 Å². The van der Waals surface area contributed by atoms with Crippen molar-refractivity contribution in [2.75, 3.05) is 11.9 Å². The maximum atomic E-state index is 13.4. The van der Waals surface area contributed by atoms with Crippen molar-refractivity contribution < 1.29 is 18.8 Å². The molecule has 1 aromatic heterocycles. The van der Waals surface area contributed by atoms with Crippen LogP contribution in [-0.2, 0) is 14.3 Å². The van der Waals surface area contributed by atoms with E-state index in [2.05, 4.69) is 32.2 Å². The van der Waals surface area contributed by atoms with Crippen LogP contribution in [0, 0.1) is 37.5 Å². The van der Waals surface area contributed by atoms with Crippen LogP contribution in [0.1, 0.15) is 124 Å². The van der Waals surface area contributed by atoms with Crippen molar-refractivity contribution >= 4 is 17.6 Å². The number of nitrogens with one attached hydrogen (secondary N) is 1. The van der Waals surface area contributed by atoms with E-state index in [-0.39, 0.29) is 23.7 Å². The van der Waals surface area contributed by atoms with Crippen molar-refractivity contribution in [1.29, 1.82) is 0 Å². The van der Waals surface area contributed by atoms with Crippen LogP contribution in [-0.4, -0.2) is 23.6 Å². The third-order valence-electron chi connectivity index (χ3n) is 9.13. The summed E-state index contributed by atoms with van der Waals surface area (Å²) in [6, 6.07) is 6.11. The van der Waals surface area contributed by atoms with Crippen molar-refractivity contribution in [3.63, 3.8) is 0 Å². The van der Waals surface area contributed by atoms with Crippen LogP contribution in [0.5, 0.6) is 0 Å². The van der Waals surface area contributed by atoms with Gasteiger partial charge in [0.1, 0.15) is 5.76 Å². The minimum Gasteiger partial charge on any atom is -0.466 e. The number of aromatic nitrogens is 1. The fourth-order valence-electron chi connectivity index (χ4n) is 6.96. The fraction of sp³-hybridized carbons (Fsp3) is 0.667. The van der Waals surface area contributed by atoms with Gasteiger partial charge in [-0.15, -0.1) is 0 Å². The number of carbonyl (C=O) groups excluding carboxylic acids is 2. The zero-order chi connectivity index (χ0) is 27.7. The smallest absolute Gasteiger partial charge is 0.308 e. The first-order valence-electron chi connectivity index (χ1n) is 15.2.